The predicted molar refractivity (Wildman–Crippen MR) is 75.5 cm³/mol. The second kappa shape index (κ2) is 6.53. The Balaban J connectivity index is 2.05. The van der Waals surface area contributed by atoms with Gasteiger partial charge in [0.15, 0.2) is 0 Å². The highest BCUT2D eigenvalue weighted by atomic mass is 32.2. The van der Waals surface area contributed by atoms with Crippen LogP contribution in [0.15, 0.2) is 24.3 Å². The Hall–Kier alpha value is -1.47. The molecule has 1 fully saturated rings. The quantitative estimate of drug-likeness (QED) is 0.869. The van der Waals surface area contributed by atoms with Gasteiger partial charge in [0.05, 0.1) is 11.7 Å². The average Bonchev–Trinajstić information content (AvgIpc) is 2.41. The fourth-order valence-corrected chi connectivity index (χ4v) is 4.10. The highest BCUT2D eigenvalue weighted by Crippen LogP contribution is 2.25. The Morgan fingerprint density at radius 2 is 1.86 bits per heavy atom. The molecule has 2 N–H and O–H groups in total. The largest absolute Gasteiger partial charge is 0.481 e. The van der Waals surface area contributed by atoms with Crippen LogP contribution >= 0.6 is 0 Å². The van der Waals surface area contributed by atoms with E-state index in [1.54, 1.807) is 0 Å². The molecule has 1 aromatic rings. The third-order valence-electron chi connectivity index (χ3n) is 3.68. The van der Waals surface area contributed by atoms with Gasteiger partial charge >= 0.3 is 5.97 Å². The highest BCUT2D eigenvalue weighted by Gasteiger charge is 2.33. The molecule has 0 aliphatic heterocycles. The van der Waals surface area contributed by atoms with Crippen molar-refractivity contribution in [3.8, 4) is 0 Å². The first-order valence-electron chi connectivity index (χ1n) is 6.84. The second-order valence-corrected chi connectivity index (χ2v) is 7.09. The molecule has 0 saturated heterocycles. The molecular weight excluding hydrogens is 297 g/mol. The maximum absolute atomic E-state index is 12.8. The number of benzene rings is 1. The fourth-order valence-electron chi connectivity index (χ4n) is 2.64. The summed E-state index contributed by atoms with van der Waals surface area (Å²) in [5.74, 6) is -2.36. The zero-order valence-electron chi connectivity index (χ0n) is 11.5. The van der Waals surface area contributed by atoms with Crippen LogP contribution in [0.25, 0.3) is 0 Å². The molecule has 0 radical (unpaired) electrons. The summed E-state index contributed by atoms with van der Waals surface area (Å²) in [4.78, 5) is 11.2. The lowest BCUT2D eigenvalue weighted by atomic mass is 9.85. The van der Waals surface area contributed by atoms with Gasteiger partial charge in [0.2, 0.25) is 10.0 Å². The molecule has 1 saturated carbocycles. The van der Waals surface area contributed by atoms with Gasteiger partial charge in [0, 0.05) is 6.04 Å². The first-order chi connectivity index (χ1) is 9.87. The van der Waals surface area contributed by atoms with Crippen LogP contribution in [0, 0.1) is 11.7 Å². The minimum Gasteiger partial charge on any atom is -0.481 e. The lowest BCUT2D eigenvalue weighted by Crippen LogP contribution is -2.45. The summed E-state index contributed by atoms with van der Waals surface area (Å²) in [6, 6.07) is 4.65. The van der Waals surface area contributed by atoms with E-state index in [4.69, 9.17) is 5.11 Å². The van der Waals surface area contributed by atoms with Crippen molar-refractivity contribution in [2.45, 2.75) is 37.5 Å². The standard InChI is InChI=1S/C14H18FNO4S/c15-11-7-5-10(6-8-11)9-21(19,20)16-13-4-2-1-3-12(13)14(17)18/h5-8,12-13,16H,1-4,9H2,(H,17,18). The number of aliphatic carboxylic acids is 1. The van der Waals surface area contributed by atoms with Gasteiger partial charge < -0.3 is 5.11 Å². The molecule has 0 spiro atoms. The predicted octanol–water partition coefficient (Wildman–Crippen LogP) is 1.89. The van der Waals surface area contributed by atoms with Crippen molar-refractivity contribution in [2.24, 2.45) is 5.92 Å². The van der Waals surface area contributed by atoms with Crippen molar-refractivity contribution in [3.63, 3.8) is 0 Å². The van der Waals surface area contributed by atoms with Crippen LogP contribution in [0.3, 0.4) is 0 Å². The van der Waals surface area contributed by atoms with Gasteiger partial charge in [-0.1, -0.05) is 25.0 Å². The maximum atomic E-state index is 12.8. The number of halogens is 1. The summed E-state index contributed by atoms with van der Waals surface area (Å²) in [5, 5.41) is 9.15. The molecule has 116 valence electrons. The lowest BCUT2D eigenvalue weighted by molar-refractivity contribution is -0.143. The molecule has 0 bridgehead atoms. The summed E-state index contributed by atoms with van der Waals surface area (Å²) >= 11 is 0. The molecule has 0 amide bonds. The Morgan fingerprint density at radius 1 is 1.24 bits per heavy atom. The first kappa shape index (κ1) is 15.9. The van der Waals surface area contributed by atoms with Gasteiger partial charge in [-0.15, -0.1) is 0 Å². The first-order valence-corrected chi connectivity index (χ1v) is 8.50. The molecule has 5 nitrogen and oxygen atoms in total. The van der Waals surface area contributed by atoms with E-state index in [2.05, 4.69) is 4.72 Å². The van der Waals surface area contributed by atoms with Crippen molar-refractivity contribution in [1.29, 1.82) is 0 Å². The summed E-state index contributed by atoms with van der Waals surface area (Å²) in [5.41, 5.74) is 0.464. The molecule has 1 aliphatic carbocycles. The zero-order valence-corrected chi connectivity index (χ0v) is 12.3. The number of carboxylic acid groups (broad SMARTS) is 1. The van der Waals surface area contributed by atoms with Crippen LogP contribution < -0.4 is 4.72 Å². The van der Waals surface area contributed by atoms with Crippen LogP contribution in [0.2, 0.25) is 0 Å². The smallest absolute Gasteiger partial charge is 0.308 e. The van der Waals surface area contributed by atoms with Crippen LogP contribution in [0.5, 0.6) is 0 Å². The molecule has 21 heavy (non-hydrogen) atoms. The van der Waals surface area contributed by atoms with E-state index in [9.17, 15) is 17.6 Å². The van der Waals surface area contributed by atoms with Crippen molar-refractivity contribution in [2.75, 3.05) is 0 Å². The topological polar surface area (TPSA) is 83.5 Å². The fraction of sp³-hybridized carbons (Fsp3) is 0.500. The third-order valence-corrected chi connectivity index (χ3v) is 5.06. The van der Waals surface area contributed by atoms with E-state index in [0.717, 1.165) is 12.8 Å². The van der Waals surface area contributed by atoms with E-state index < -0.39 is 33.8 Å². The molecular formula is C14H18FNO4S. The molecule has 2 atom stereocenters. The minimum absolute atomic E-state index is 0.282. The van der Waals surface area contributed by atoms with E-state index in [1.165, 1.54) is 24.3 Å². The number of nitrogens with one attached hydrogen (secondary N) is 1. The Labute approximate surface area is 123 Å². The van der Waals surface area contributed by atoms with Crippen molar-refractivity contribution in [3.05, 3.63) is 35.6 Å². The lowest BCUT2D eigenvalue weighted by Gasteiger charge is -2.29. The maximum Gasteiger partial charge on any atom is 0.308 e. The monoisotopic (exact) mass is 315 g/mol. The van der Waals surface area contributed by atoms with Crippen molar-refractivity contribution >= 4 is 16.0 Å². The Morgan fingerprint density at radius 3 is 2.48 bits per heavy atom. The van der Waals surface area contributed by atoms with Crippen LogP contribution in [0.1, 0.15) is 31.2 Å². The van der Waals surface area contributed by atoms with E-state index in [0.29, 0.717) is 18.4 Å². The zero-order chi connectivity index (χ0) is 15.5. The SMILES string of the molecule is O=C(O)C1CCCCC1NS(=O)(=O)Cc1ccc(F)cc1. The average molecular weight is 315 g/mol. The number of carbonyl (C=O) groups is 1. The Kier molecular flexibility index (Phi) is 4.95. The van der Waals surface area contributed by atoms with E-state index >= 15 is 0 Å². The van der Waals surface area contributed by atoms with Gasteiger partial charge in [0.25, 0.3) is 0 Å². The minimum atomic E-state index is -3.65. The summed E-state index contributed by atoms with van der Waals surface area (Å²) in [7, 11) is -3.65. The summed E-state index contributed by atoms with van der Waals surface area (Å²) in [6.07, 6.45) is 2.62. The van der Waals surface area contributed by atoms with Gasteiger partial charge in [-0.3, -0.25) is 4.79 Å². The third kappa shape index (κ3) is 4.50. The molecule has 2 rings (SSSR count). The number of sulfonamides is 1. The normalized spacial score (nSPS) is 22.9. The summed E-state index contributed by atoms with van der Waals surface area (Å²) < 4.78 is 39.5. The number of carboxylic acids is 1. The van der Waals surface area contributed by atoms with Crippen molar-refractivity contribution in [1.82, 2.24) is 4.72 Å². The van der Waals surface area contributed by atoms with E-state index in [-0.39, 0.29) is 5.75 Å². The molecule has 2 unspecified atom stereocenters. The van der Waals surface area contributed by atoms with Gasteiger partial charge in [-0.05, 0) is 30.5 Å². The molecule has 0 heterocycles. The second-order valence-electron chi connectivity index (χ2n) is 5.34. The van der Waals surface area contributed by atoms with Crippen LogP contribution in [-0.4, -0.2) is 25.5 Å². The van der Waals surface area contributed by atoms with Crippen LogP contribution in [0.4, 0.5) is 4.39 Å². The highest BCUT2D eigenvalue weighted by molar-refractivity contribution is 7.88. The van der Waals surface area contributed by atoms with E-state index in [1.807, 2.05) is 0 Å². The van der Waals surface area contributed by atoms with Crippen molar-refractivity contribution < 1.29 is 22.7 Å². The number of hydrogen-bond donors (Lipinski definition) is 2. The molecule has 7 heteroatoms. The van der Waals surface area contributed by atoms with Gasteiger partial charge in [0.1, 0.15) is 5.82 Å². The number of hydrogen-bond acceptors (Lipinski definition) is 3. The molecule has 1 aliphatic rings. The van der Waals surface area contributed by atoms with Crippen LogP contribution in [-0.2, 0) is 20.6 Å². The molecule has 1 aromatic carbocycles. The summed E-state index contributed by atoms with van der Waals surface area (Å²) in [6.45, 7) is 0. The number of rotatable bonds is 5. The van der Waals surface area contributed by atoms with Gasteiger partial charge in [-0.25, -0.2) is 17.5 Å². The Bertz CT molecular complexity index is 600. The van der Waals surface area contributed by atoms with Gasteiger partial charge in [-0.2, -0.15) is 0 Å². The molecule has 0 aromatic heterocycles.